The van der Waals surface area contributed by atoms with Crippen molar-refractivity contribution >= 4 is 16.9 Å². The molecule has 2 heterocycles. The largest absolute Gasteiger partial charge is 0.339 e. The first-order valence-corrected chi connectivity index (χ1v) is 8.30. The summed E-state index contributed by atoms with van der Waals surface area (Å²) in [5.74, 6) is -0.734. The summed E-state index contributed by atoms with van der Waals surface area (Å²) in [5, 5.41) is 3.89. The first-order valence-electron chi connectivity index (χ1n) is 8.30. The van der Waals surface area contributed by atoms with Crippen LogP contribution in [0.2, 0.25) is 0 Å². The fourth-order valence-electron chi connectivity index (χ4n) is 3.30. The number of nitrogens with zero attached hydrogens (tertiary/aromatic N) is 3. The molecule has 6 heteroatoms. The lowest BCUT2D eigenvalue weighted by atomic mass is 10.1. The van der Waals surface area contributed by atoms with Crippen molar-refractivity contribution in [3.63, 3.8) is 0 Å². The minimum Gasteiger partial charge on any atom is -0.339 e. The van der Waals surface area contributed by atoms with Crippen LogP contribution in [0, 0.1) is 11.6 Å². The number of rotatable bonds is 3. The van der Waals surface area contributed by atoms with Crippen molar-refractivity contribution in [2.45, 2.75) is 12.5 Å². The monoisotopic (exact) mass is 340 g/mol. The molecule has 4 rings (SSSR count). The number of hydrogen-bond acceptors (Lipinski definition) is 4. The molecule has 3 aromatic rings. The Kier molecular flexibility index (Phi) is 4.05. The van der Waals surface area contributed by atoms with E-state index < -0.39 is 11.6 Å². The summed E-state index contributed by atoms with van der Waals surface area (Å²) < 4.78 is 28.7. The van der Waals surface area contributed by atoms with Gasteiger partial charge in [0.2, 0.25) is 5.95 Å². The molecule has 1 aromatic heterocycles. The van der Waals surface area contributed by atoms with Crippen molar-refractivity contribution in [1.29, 1.82) is 0 Å². The number of aromatic nitrogens is 2. The maximum absolute atomic E-state index is 14.4. The van der Waals surface area contributed by atoms with E-state index in [2.05, 4.69) is 20.2 Å². The molecule has 0 spiro atoms. The molecule has 1 saturated heterocycles. The van der Waals surface area contributed by atoms with Gasteiger partial charge < -0.3 is 10.2 Å². The van der Waals surface area contributed by atoms with Gasteiger partial charge in [0.1, 0.15) is 11.6 Å². The highest BCUT2D eigenvalue weighted by molar-refractivity contribution is 5.93. The molecule has 0 radical (unpaired) electrons. The molecule has 1 atom stereocenters. The summed E-state index contributed by atoms with van der Waals surface area (Å²) in [6.07, 6.45) is 0.982. The zero-order chi connectivity index (χ0) is 17.4. The number of para-hydroxylation sites is 1. The molecule has 0 aliphatic carbocycles. The number of halogens is 2. The lowest BCUT2D eigenvalue weighted by Gasteiger charge is -2.18. The Bertz CT molecular complexity index is 908. The van der Waals surface area contributed by atoms with E-state index >= 15 is 0 Å². The third-order valence-corrected chi connectivity index (χ3v) is 4.67. The van der Waals surface area contributed by atoms with Crippen LogP contribution in [0.5, 0.6) is 0 Å². The molecule has 1 aliphatic rings. The van der Waals surface area contributed by atoms with E-state index in [4.69, 9.17) is 0 Å². The number of fused-ring (bicyclic) bond motifs is 1. The van der Waals surface area contributed by atoms with Crippen molar-refractivity contribution in [1.82, 2.24) is 15.3 Å². The first-order chi connectivity index (χ1) is 12.2. The predicted molar refractivity (Wildman–Crippen MR) is 94.6 cm³/mol. The minimum absolute atomic E-state index is 0.105. The van der Waals surface area contributed by atoms with Crippen LogP contribution < -0.4 is 10.2 Å². The van der Waals surface area contributed by atoms with Gasteiger partial charge in [-0.15, -0.1) is 0 Å². The third kappa shape index (κ3) is 2.82. The Labute approximate surface area is 144 Å². The second kappa shape index (κ2) is 6.37. The molecule has 25 heavy (non-hydrogen) atoms. The van der Waals surface area contributed by atoms with E-state index in [1.807, 2.05) is 25.2 Å². The number of hydrogen-bond donors (Lipinski definition) is 1. The summed E-state index contributed by atoms with van der Waals surface area (Å²) in [6, 6.07) is 11.5. The van der Waals surface area contributed by atoms with Gasteiger partial charge in [-0.05, 0) is 31.7 Å². The van der Waals surface area contributed by atoms with Crippen molar-refractivity contribution in [3.8, 4) is 11.3 Å². The quantitative estimate of drug-likeness (QED) is 0.794. The van der Waals surface area contributed by atoms with Gasteiger partial charge in [-0.1, -0.05) is 24.3 Å². The summed E-state index contributed by atoms with van der Waals surface area (Å²) in [5.41, 5.74) is 0.869. The van der Waals surface area contributed by atoms with Crippen LogP contribution in [-0.2, 0) is 0 Å². The third-order valence-electron chi connectivity index (χ3n) is 4.67. The average molecular weight is 340 g/mol. The maximum atomic E-state index is 14.4. The van der Waals surface area contributed by atoms with Gasteiger partial charge in [0.05, 0.1) is 16.8 Å². The van der Waals surface area contributed by atoms with Gasteiger partial charge in [-0.2, -0.15) is 0 Å². The summed E-state index contributed by atoms with van der Waals surface area (Å²) in [7, 11) is 1.93. The molecule has 128 valence electrons. The van der Waals surface area contributed by atoms with Crippen molar-refractivity contribution in [2.75, 3.05) is 25.0 Å². The molecular formula is C19H18F2N4. The summed E-state index contributed by atoms with van der Waals surface area (Å²) >= 11 is 0. The standard InChI is InChI=1S/C19H18F2N4/c1-22-12-9-10-25(11-12)19-23-16-8-3-2-5-13(16)18(24-19)17-14(20)6-4-7-15(17)21/h2-8,12,22H,9-11H2,1H3. The van der Waals surface area contributed by atoms with Gasteiger partial charge in [0.15, 0.2) is 0 Å². The van der Waals surface area contributed by atoms with Gasteiger partial charge in [-0.25, -0.2) is 18.7 Å². The van der Waals surface area contributed by atoms with E-state index in [0.29, 0.717) is 28.6 Å². The molecule has 0 saturated carbocycles. The van der Waals surface area contributed by atoms with E-state index in [-0.39, 0.29) is 5.56 Å². The highest BCUT2D eigenvalue weighted by atomic mass is 19.1. The Morgan fingerprint density at radius 2 is 1.80 bits per heavy atom. The maximum Gasteiger partial charge on any atom is 0.226 e. The topological polar surface area (TPSA) is 41.0 Å². The molecule has 1 unspecified atom stereocenters. The molecule has 1 aliphatic heterocycles. The van der Waals surface area contributed by atoms with Gasteiger partial charge in [0, 0.05) is 24.5 Å². The Balaban J connectivity index is 1.91. The van der Waals surface area contributed by atoms with Crippen molar-refractivity contribution < 1.29 is 8.78 Å². The number of nitrogens with one attached hydrogen (secondary N) is 1. The number of benzene rings is 2. The van der Waals surface area contributed by atoms with Gasteiger partial charge in [0.25, 0.3) is 0 Å². The first kappa shape index (κ1) is 15.9. The van der Waals surface area contributed by atoms with Gasteiger partial charge >= 0.3 is 0 Å². The zero-order valence-electron chi connectivity index (χ0n) is 13.8. The fraction of sp³-hybridized carbons (Fsp3) is 0.263. The van der Waals surface area contributed by atoms with Crippen LogP contribution in [0.4, 0.5) is 14.7 Å². The molecular weight excluding hydrogens is 322 g/mol. The van der Waals surface area contributed by atoms with Crippen LogP contribution in [0.25, 0.3) is 22.2 Å². The van der Waals surface area contributed by atoms with Gasteiger partial charge in [-0.3, -0.25) is 0 Å². The average Bonchev–Trinajstić information content (AvgIpc) is 3.10. The molecule has 0 amide bonds. The summed E-state index contributed by atoms with van der Waals surface area (Å²) in [6.45, 7) is 1.58. The second-order valence-electron chi connectivity index (χ2n) is 6.21. The van der Waals surface area contributed by atoms with E-state index in [0.717, 1.165) is 19.5 Å². The van der Waals surface area contributed by atoms with Crippen LogP contribution in [-0.4, -0.2) is 36.1 Å². The van der Waals surface area contributed by atoms with Crippen LogP contribution >= 0.6 is 0 Å². The molecule has 4 nitrogen and oxygen atoms in total. The van der Waals surface area contributed by atoms with Crippen molar-refractivity contribution in [3.05, 3.63) is 54.1 Å². The Hall–Kier alpha value is -2.60. The second-order valence-corrected chi connectivity index (χ2v) is 6.21. The number of likely N-dealkylation sites (N-methyl/N-ethyl adjacent to an activating group) is 1. The normalized spacial score (nSPS) is 17.4. The lowest BCUT2D eigenvalue weighted by Crippen LogP contribution is -2.30. The van der Waals surface area contributed by atoms with Crippen LogP contribution in [0.15, 0.2) is 42.5 Å². The Morgan fingerprint density at radius 1 is 1.04 bits per heavy atom. The predicted octanol–water partition coefficient (Wildman–Crippen LogP) is 3.37. The minimum atomic E-state index is -0.621. The van der Waals surface area contributed by atoms with E-state index in [1.165, 1.54) is 18.2 Å². The molecule has 2 aromatic carbocycles. The molecule has 1 fully saturated rings. The highest BCUT2D eigenvalue weighted by Crippen LogP contribution is 2.32. The number of anilines is 1. The summed E-state index contributed by atoms with van der Waals surface area (Å²) in [4.78, 5) is 11.2. The smallest absolute Gasteiger partial charge is 0.226 e. The van der Waals surface area contributed by atoms with Crippen LogP contribution in [0.1, 0.15) is 6.42 Å². The van der Waals surface area contributed by atoms with E-state index in [1.54, 1.807) is 6.07 Å². The SMILES string of the molecule is CNC1CCN(c2nc(-c3c(F)cccc3F)c3ccccc3n2)C1. The lowest BCUT2D eigenvalue weighted by molar-refractivity contribution is 0.589. The van der Waals surface area contributed by atoms with Crippen LogP contribution in [0.3, 0.4) is 0 Å². The van der Waals surface area contributed by atoms with Crippen molar-refractivity contribution in [2.24, 2.45) is 0 Å². The fourth-order valence-corrected chi connectivity index (χ4v) is 3.30. The zero-order valence-corrected chi connectivity index (χ0v) is 13.8. The molecule has 1 N–H and O–H groups in total. The Morgan fingerprint density at radius 3 is 2.52 bits per heavy atom. The molecule has 0 bridgehead atoms. The van der Waals surface area contributed by atoms with E-state index in [9.17, 15) is 8.78 Å². The highest BCUT2D eigenvalue weighted by Gasteiger charge is 2.25.